The van der Waals surface area contributed by atoms with Crippen LogP contribution in [0.2, 0.25) is 0 Å². The Kier molecular flexibility index (Phi) is 3.45. The van der Waals surface area contributed by atoms with E-state index in [1.54, 1.807) is 6.07 Å². The van der Waals surface area contributed by atoms with Crippen LogP contribution in [0.4, 0.5) is 10.5 Å². The van der Waals surface area contributed by atoms with Crippen molar-refractivity contribution in [1.82, 2.24) is 20.6 Å². The van der Waals surface area contributed by atoms with Crippen molar-refractivity contribution in [1.29, 1.82) is 0 Å². The SMILES string of the molecule is NC(=O)Nc1cccc(-c2ccc3c(c2)CCC3)c1-c1nnn[nH]1. The van der Waals surface area contributed by atoms with E-state index in [2.05, 4.69) is 44.1 Å². The third-order valence-corrected chi connectivity index (χ3v) is 4.31. The fourth-order valence-electron chi connectivity index (χ4n) is 3.29. The van der Waals surface area contributed by atoms with Crippen molar-refractivity contribution in [3.8, 4) is 22.5 Å². The van der Waals surface area contributed by atoms with Crippen molar-refractivity contribution in [3.05, 3.63) is 47.5 Å². The first-order chi connectivity index (χ1) is 11.7. The molecule has 1 aliphatic carbocycles. The zero-order chi connectivity index (χ0) is 16.5. The van der Waals surface area contributed by atoms with Crippen LogP contribution in [0, 0.1) is 0 Å². The minimum Gasteiger partial charge on any atom is -0.351 e. The molecule has 7 heteroatoms. The van der Waals surface area contributed by atoms with Crippen molar-refractivity contribution in [2.24, 2.45) is 5.73 Å². The first-order valence-corrected chi connectivity index (χ1v) is 7.78. The smallest absolute Gasteiger partial charge is 0.316 e. The molecule has 4 N–H and O–H groups in total. The zero-order valence-corrected chi connectivity index (χ0v) is 12.9. The number of nitrogens with two attached hydrogens (primary N) is 1. The van der Waals surface area contributed by atoms with Crippen LogP contribution in [0.3, 0.4) is 0 Å². The van der Waals surface area contributed by atoms with Crippen molar-refractivity contribution in [2.45, 2.75) is 19.3 Å². The van der Waals surface area contributed by atoms with Gasteiger partial charge < -0.3 is 11.1 Å². The lowest BCUT2D eigenvalue weighted by Crippen LogP contribution is -2.20. The summed E-state index contributed by atoms with van der Waals surface area (Å²) in [7, 11) is 0. The molecule has 7 nitrogen and oxygen atoms in total. The second kappa shape index (κ2) is 5.77. The second-order valence-electron chi connectivity index (χ2n) is 5.80. The summed E-state index contributed by atoms with van der Waals surface area (Å²) in [5, 5.41) is 16.7. The molecule has 2 aromatic carbocycles. The Morgan fingerprint density at radius 1 is 1.17 bits per heavy atom. The molecule has 0 unspecified atom stereocenters. The van der Waals surface area contributed by atoms with E-state index in [-0.39, 0.29) is 0 Å². The van der Waals surface area contributed by atoms with Gasteiger partial charge in [0.1, 0.15) is 0 Å². The van der Waals surface area contributed by atoms with Crippen LogP contribution in [-0.4, -0.2) is 26.7 Å². The average Bonchev–Trinajstić information content (AvgIpc) is 3.25. The molecule has 0 spiro atoms. The van der Waals surface area contributed by atoms with Crippen LogP contribution in [0.5, 0.6) is 0 Å². The summed E-state index contributed by atoms with van der Waals surface area (Å²) >= 11 is 0. The molecule has 0 aliphatic heterocycles. The molecule has 24 heavy (non-hydrogen) atoms. The summed E-state index contributed by atoms with van der Waals surface area (Å²) in [5.41, 5.74) is 11.4. The van der Waals surface area contributed by atoms with Crippen molar-refractivity contribution >= 4 is 11.7 Å². The number of aryl methyl sites for hydroxylation is 2. The summed E-state index contributed by atoms with van der Waals surface area (Å²) in [6, 6.07) is 11.5. The quantitative estimate of drug-likeness (QED) is 0.688. The number of tetrazole rings is 1. The van der Waals surface area contributed by atoms with Gasteiger partial charge in [-0.15, -0.1) is 5.10 Å². The standard InChI is InChI=1S/C17H16N6O/c18-17(24)19-14-6-2-5-13(15(14)16-20-22-23-21-16)12-8-7-10-3-1-4-11(10)9-12/h2,5-9H,1,3-4H2,(H3,18,19,24)(H,20,21,22,23). The summed E-state index contributed by atoms with van der Waals surface area (Å²) in [4.78, 5) is 11.3. The van der Waals surface area contributed by atoms with Gasteiger partial charge in [0.05, 0.1) is 11.3 Å². The van der Waals surface area contributed by atoms with Gasteiger partial charge in [-0.2, -0.15) is 0 Å². The molecule has 4 rings (SSSR count). The van der Waals surface area contributed by atoms with E-state index < -0.39 is 6.03 Å². The maximum Gasteiger partial charge on any atom is 0.316 e. The van der Waals surface area contributed by atoms with Crippen LogP contribution in [0.25, 0.3) is 22.5 Å². The molecule has 1 aromatic heterocycles. The van der Waals surface area contributed by atoms with Gasteiger partial charge >= 0.3 is 6.03 Å². The number of rotatable bonds is 3. The molecular formula is C17H16N6O. The number of hydrogen-bond acceptors (Lipinski definition) is 4. The number of primary amides is 1. The Balaban J connectivity index is 1.90. The molecule has 3 aromatic rings. The van der Waals surface area contributed by atoms with E-state index in [1.807, 2.05) is 12.1 Å². The van der Waals surface area contributed by atoms with E-state index in [9.17, 15) is 4.79 Å². The van der Waals surface area contributed by atoms with Crippen LogP contribution in [0.15, 0.2) is 36.4 Å². The largest absolute Gasteiger partial charge is 0.351 e. The number of nitrogens with one attached hydrogen (secondary N) is 2. The molecule has 1 heterocycles. The molecule has 0 bridgehead atoms. The Bertz CT molecular complexity index is 903. The minimum absolute atomic E-state index is 0.481. The van der Waals surface area contributed by atoms with Crippen molar-refractivity contribution < 1.29 is 4.79 Å². The number of benzene rings is 2. The predicted octanol–water partition coefficient (Wildman–Crippen LogP) is 2.51. The molecule has 120 valence electrons. The van der Waals surface area contributed by atoms with Crippen LogP contribution in [0.1, 0.15) is 17.5 Å². The van der Waals surface area contributed by atoms with Crippen LogP contribution < -0.4 is 11.1 Å². The highest BCUT2D eigenvalue weighted by Crippen LogP contribution is 2.37. The highest BCUT2D eigenvalue weighted by molar-refractivity contribution is 5.97. The zero-order valence-electron chi connectivity index (χ0n) is 12.9. The fraction of sp³-hybridized carbons (Fsp3) is 0.176. The summed E-state index contributed by atoms with van der Waals surface area (Å²) in [6.45, 7) is 0. The number of fused-ring (bicyclic) bond motifs is 1. The van der Waals surface area contributed by atoms with Crippen molar-refractivity contribution in [2.75, 3.05) is 5.32 Å². The third-order valence-electron chi connectivity index (χ3n) is 4.31. The average molecular weight is 320 g/mol. The normalized spacial score (nSPS) is 12.8. The monoisotopic (exact) mass is 320 g/mol. The minimum atomic E-state index is -0.630. The Morgan fingerprint density at radius 3 is 2.83 bits per heavy atom. The predicted molar refractivity (Wildman–Crippen MR) is 90.3 cm³/mol. The maximum absolute atomic E-state index is 11.3. The number of aromatic nitrogens is 4. The van der Waals surface area contributed by atoms with E-state index in [4.69, 9.17) is 5.73 Å². The van der Waals surface area contributed by atoms with Crippen LogP contribution >= 0.6 is 0 Å². The van der Waals surface area contributed by atoms with E-state index >= 15 is 0 Å². The fourth-order valence-corrected chi connectivity index (χ4v) is 3.29. The highest BCUT2D eigenvalue weighted by atomic mass is 16.2. The lowest BCUT2D eigenvalue weighted by atomic mass is 9.95. The van der Waals surface area contributed by atoms with Gasteiger partial charge in [-0.25, -0.2) is 9.89 Å². The number of aromatic amines is 1. The van der Waals surface area contributed by atoms with E-state index in [1.165, 1.54) is 17.5 Å². The summed E-state index contributed by atoms with van der Waals surface area (Å²) in [5.74, 6) is 0.481. The number of carbonyl (C=O) groups is 1. The molecular weight excluding hydrogens is 304 g/mol. The Hall–Kier alpha value is -3.22. The third kappa shape index (κ3) is 2.50. The van der Waals surface area contributed by atoms with Gasteiger partial charge in [0, 0.05) is 0 Å². The topological polar surface area (TPSA) is 110 Å². The number of urea groups is 1. The Morgan fingerprint density at radius 2 is 2.04 bits per heavy atom. The number of carbonyl (C=O) groups excluding carboxylic acids is 1. The first-order valence-electron chi connectivity index (χ1n) is 7.78. The van der Waals surface area contributed by atoms with E-state index in [0.29, 0.717) is 11.5 Å². The number of anilines is 1. The van der Waals surface area contributed by atoms with Gasteiger partial charge in [0.15, 0.2) is 5.82 Å². The lowest BCUT2D eigenvalue weighted by molar-refractivity contribution is 0.259. The molecule has 0 saturated heterocycles. The van der Waals surface area contributed by atoms with Gasteiger partial charge in [0.25, 0.3) is 0 Å². The van der Waals surface area contributed by atoms with Crippen LogP contribution in [-0.2, 0) is 12.8 Å². The molecule has 0 saturated carbocycles. The summed E-state index contributed by atoms with van der Waals surface area (Å²) in [6.07, 6.45) is 3.43. The number of nitrogens with zero attached hydrogens (tertiary/aromatic N) is 3. The first kappa shape index (κ1) is 14.4. The molecule has 0 fully saturated rings. The molecule has 0 atom stereocenters. The molecule has 0 radical (unpaired) electrons. The van der Waals surface area contributed by atoms with Gasteiger partial charge in [-0.05, 0) is 58.0 Å². The second-order valence-corrected chi connectivity index (χ2v) is 5.80. The van der Waals surface area contributed by atoms with Crippen molar-refractivity contribution in [3.63, 3.8) is 0 Å². The van der Waals surface area contributed by atoms with Gasteiger partial charge in [-0.3, -0.25) is 0 Å². The number of amides is 2. The summed E-state index contributed by atoms with van der Waals surface area (Å²) < 4.78 is 0. The highest BCUT2D eigenvalue weighted by Gasteiger charge is 2.18. The lowest BCUT2D eigenvalue weighted by Gasteiger charge is -2.14. The van der Waals surface area contributed by atoms with E-state index in [0.717, 1.165) is 29.5 Å². The number of hydrogen-bond donors (Lipinski definition) is 3. The molecule has 1 aliphatic rings. The number of H-pyrrole nitrogens is 1. The van der Waals surface area contributed by atoms with Gasteiger partial charge in [0.2, 0.25) is 0 Å². The molecule has 2 amide bonds. The Labute approximate surface area is 138 Å². The maximum atomic E-state index is 11.3. The van der Waals surface area contributed by atoms with Gasteiger partial charge in [-0.1, -0.05) is 30.3 Å².